The molecule has 8 heteroatoms. The van der Waals surface area contributed by atoms with Gasteiger partial charge >= 0.3 is 0 Å². The molecule has 23 heavy (non-hydrogen) atoms. The minimum Gasteiger partial charge on any atom is -0.388 e. The fraction of sp³-hybridized carbons (Fsp3) is 0.333. The number of benzene rings is 1. The second-order valence-corrected chi connectivity index (χ2v) is 5.65. The molecule has 1 heterocycles. The van der Waals surface area contributed by atoms with E-state index in [0.29, 0.717) is 12.8 Å². The second kappa shape index (κ2) is 5.81. The van der Waals surface area contributed by atoms with Crippen LogP contribution in [0.15, 0.2) is 36.5 Å². The molecule has 2 aromatic rings. The number of aromatic nitrogens is 2. The van der Waals surface area contributed by atoms with Crippen LogP contribution < -0.4 is 5.32 Å². The molecule has 1 aliphatic carbocycles. The Bertz CT molecular complexity index is 751. The summed E-state index contributed by atoms with van der Waals surface area (Å²) >= 11 is 0. The van der Waals surface area contributed by atoms with Gasteiger partial charge in [-0.2, -0.15) is 5.10 Å². The van der Waals surface area contributed by atoms with Gasteiger partial charge in [-0.25, -0.2) is 4.68 Å². The first-order valence-corrected chi connectivity index (χ1v) is 7.29. The number of carbonyl (C=O) groups is 1. The van der Waals surface area contributed by atoms with E-state index in [9.17, 15) is 20.0 Å². The third-order valence-corrected chi connectivity index (χ3v) is 4.01. The summed E-state index contributed by atoms with van der Waals surface area (Å²) in [6, 6.07) is 7.65. The van der Waals surface area contributed by atoms with Gasteiger partial charge in [0, 0.05) is 18.8 Å². The van der Waals surface area contributed by atoms with E-state index in [1.807, 2.05) is 0 Å². The number of nitrogens with zero attached hydrogens (tertiary/aromatic N) is 3. The van der Waals surface area contributed by atoms with Gasteiger partial charge in [-0.3, -0.25) is 14.9 Å². The van der Waals surface area contributed by atoms with Gasteiger partial charge in [0.25, 0.3) is 11.6 Å². The molecule has 0 radical (unpaired) electrons. The molecule has 3 rings (SSSR count). The van der Waals surface area contributed by atoms with Crippen LogP contribution in [0, 0.1) is 10.1 Å². The van der Waals surface area contributed by atoms with Crippen LogP contribution in [0.5, 0.6) is 0 Å². The van der Waals surface area contributed by atoms with Crippen molar-refractivity contribution >= 4 is 11.6 Å². The summed E-state index contributed by atoms with van der Waals surface area (Å²) in [6.45, 7) is 0.185. The van der Waals surface area contributed by atoms with Crippen molar-refractivity contribution in [2.24, 2.45) is 0 Å². The maximum atomic E-state index is 12.1. The topological polar surface area (TPSA) is 110 Å². The lowest BCUT2D eigenvalue weighted by molar-refractivity contribution is -0.384. The standard InChI is InChI=1S/C15H16N4O4/c20-14(16-10-15(21)7-3-8-15)11-6-9-18(17-11)12-4-1-2-5-13(12)19(22)23/h1-2,4-6,9,21H,3,7-8,10H2,(H,16,20). The number of nitrogens with one attached hydrogen (secondary N) is 1. The van der Waals surface area contributed by atoms with Gasteiger partial charge in [-0.05, 0) is 31.4 Å². The number of nitro groups is 1. The number of carbonyl (C=O) groups excluding carboxylic acids is 1. The highest BCUT2D eigenvalue weighted by Crippen LogP contribution is 2.30. The normalized spacial score (nSPS) is 15.7. The van der Waals surface area contributed by atoms with E-state index < -0.39 is 16.4 Å². The molecule has 1 amide bonds. The van der Waals surface area contributed by atoms with E-state index in [-0.39, 0.29) is 23.6 Å². The summed E-state index contributed by atoms with van der Waals surface area (Å²) in [5, 5.41) is 27.7. The fourth-order valence-corrected chi connectivity index (χ4v) is 2.49. The van der Waals surface area contributed by atoms with Crippen molar-refractivity contribution in [1.29, 1.82) is 0 Å². The van der Waals surface area contributed by atoms with Crippen LogP contribution >= 0.6 is 0 Å². The molecule has 1 saturated carbocycles. The second-order valence-electron chi connectivity index (χ2n) is 5.65. The van der Waals surface area contributed by atoms with E-state index in [2.05, 4.69) is 10.4 Å². The SMILES string of the molecule is O=C(NCC1(O)CCC1)c1ccn(-c2ccccc2[N+](=O)[O-])n1. The fourth-order valence-electron chi connectivity index (χ4n) is 2.49. The molecule has 0 saturated heterocycles. The minimum absolute atomic E-state index is 0.0914. The van der Waals surface area contributed by atoms with E-state index in [1.54, 1.807) is 18.2 Å². The Hall–Kier alpha value is -2.74. The quantitative estimate of drug-likeness (QED) is 0.640. The Morgan fingerprint density at radius 1 is 1.39 bits per heavy atom. The molecule has 1 aliphatic rings. The summed E-state index contributed by atoms with van der Waals surface area (Å²) < 4.78 is 1.30. The predicted molar refractivity (Wildman–Crippen MR) is 81.4 cm³/mol. The zero-order valence-electron chi connectivity index (χ0n) is 12.3. The predicted octanol–water partition coefficient (Wildman–Crippen LogP) is 1.43. The highest BCUT2D eigenvalue weighted by molar-refractivity contribution is 5.92. The van der Waals surface area contributed by atoms with Crippen LogP contribution in [0.1, 0.15) is 29.8 Å². The Labute approximate surface area is 131 Å². The number of rotatable bonds is 5. The van der Waals surface area contributed by atoms with Gasteiger partial charge in [0.05, 0.1) is 10.5 Å². The van der Waals surface area contributed by atoms with Gasteiger partial charge in [0.15, 0.2) is 5.69 Å². The Morgan fingerprint density at radius 3 is 2.78 bits per heavy atom. The van der Waals surface area contributed by atoms with Crippen molar-refractivity contribution in [2.75, 3.05) is 6.54 Å². The number of amides is 1. The smallest absolute Gasteiger partial charge is 0.294 e. The molecule has 0 bridgehead atoms. The van der Waals surface area contributed by atoms with Gasteiger partial charge < -0.3 is 10.4 Å². The zero-order valence-corrected chi connectivity index (χ0v) is 12.3. The third kappa shape index (κ3) is 3.07. The molecule has 8 nitrogen and oxygen atoms in total. The lowest BCUT2D eigenvalue weighted by Crippen LogP contribution is -2.47. The zero-order chi connectivity index (χ0) is 16.4. The molecule has 1 aromatic carbocycles. The number of hydrogen-bond donors (Lipinski definition) is 2. The first-order chi connectivity index (χ1) is 11.0. The van der Waals surface area contributed by atoms with E-state index in [0.717, 1.165) is 6.42 Å². The average Bonchev–Trinajstić information content (AvgIpc) is 3.00. The monoisotopic (exact) mass is 316 g/mol. The number of hydrogen-bond acceptors (Lipinski definition) is 5. The van der Waals surface area contributed by atoms with Crippen LogP contribution in [-0.2, 0) is 0 Å². The lowest BCUT2D eigenvalue weighted by Gasteiger charge is -2.36. The van der Waals surface area contributed by atoms with Crippen LogP contribution in [0.3, 0.4) is 0 Å². The van der Waals surface area contributed by atoms with Crippen molar-refractivity contribution in [3.05, 3.63) is 52.3 Å². The Kier molecular flexibility index (Phi) is 3.83. The van der Waals surface area contributed by atoms with Crippen LogP contribution in [0.2, 0.25) is 0 Å². The van der Waals surface area contributed by atoms with Gasteiger partial charge in [-0.15, -0.1) is 0 Å². The first-order valence-electron chi connectivity index (χ1n) is 7.29. The molecule has 0 aliphatic heterocycles. The summed E-state index contributed by atoms with van der Waals surface area (Å²) in [6.07, 6.45) is 3.81. The summed E-state index contributed by atoms with van der Waals surface area (Å²) in [5.41, 5.74) is -0.470. The molecule has 1 fully saturated rings. The molecule has 1 aromatic heterocycles. The maximum absolute atomic E-state index is 12.1. The van der Waals surface area contributed by atoms with E-state index in [4.69, 9.17) is 0 Å². The molecule has 120 valence electrons. The van der Waals surface area contributed by atoms with E-state index >= 15 is 0 Å². The Morgan fingerprint density at radius 2 is 2.13 bits per heavy atom. The number of nitro benzene ring substituents is 1. The molecule has 0 spiro atoms. The number of para-hydroxylation sites is 2. The van der Waals surface area contributed by atoms with Crippen molar-refractivity contribution < 1.29 is 14.8 Å². The summed E-state index contributed by atoms with van der Waals surface area (Å²) in [4.78, 5) is 22.6. The summed E-state index contributed by atoms with van der Waals surface area (Å²) in [5.74, 6) is -0.414. The maximum Gasteiger partial charge on any atom is 0.294 e. The molecular formula is C15H16N4O4. The third-order valence-electron chi connectivity index (χ3n) is 4.01. The minimum atomic E-state index is -0.809. The van der Waals surface area contributed by atoms with Gasteiger partial charge in [0.1, 0.15) is 5.69 Å². The molecule has 0 unspecified atom stereocenters. The van der Waals surface area contributed by atoms with Gasteiger partial charge in [0.2, 0.25) is 0 Å². The van der Waals surface area contributed by atoms with Crippen molar-refractivity contribution in [2.45, 2.75) is 24.9 Å². The van der Waals surface area contributed by atoms with Crippen molar-refractivity contribution in [3.63, 3.8) is 0 Å². The highest BCUT2D eigenvalue weighted by Gasteiger charge is 2.34. The van der Waals surface area contributed by atoms with Crippen molar-refractivity contribution in [3.8, 4) is 5.69 Å². The molecule has 2 N–H and O–H groups in total. The molecular weight excluding hydrogens is 300 g/mol. The first kappa shape index (κ1) is 15.2. The van der Waals surface area contributed by atoms with E-state index in [1.165, 1.54) is 23.0 Å². The highest BCUT2D eigenvalue weighted by atomic mass is 16.6. The number of aliphatic hydroxyl groups is 1. The lowest BCUT2D eigenvalue weighted by atomic mass is 9.80. The summed E-state index contributed by atoms with van der Waals surface area (Å²) in [7, 11) is 0. The van der Waals surface area contributed by atoms with Crippen molar-refractivity contribution in [1.82, 2.24) is 15.1 Å². The van der Waals surface area contributed by atoms with Crippen LogP contribution in [-0.4, -0.2) is 37.9 Å². The Balaban J connectivity index is 1.75. The molecule has 0 atom stereocenters. The van der Waals surface area contributed by atoms with Crippen LogP contribution in [0.25, 0.3) is 5.69 Å². The average molecular weight is 316 g/mol. The largest absolute Gasteiger partial charge is 0.388 e. The van der Waals surface area contributed by atoms with Crippen LogP contribution in [0.4, 0.5) is 5.69 Å². The van der Waals surface area contributed by atoms with Gasteiger partial charge in [-0.1, -0.05) is 12.1 Å².